The first-order chi connectivity index (χ1) is 9.52. The summed E-state index contributed by atoms with van der Waals surface area (Å²) >= 11 is 1.27. The summed E-state index contributed by atoms with van der Waals surface area (Å²) < 4.78 is 0. The molecule has 6 nitrogen and oxygen atoms in total. The summed E-state index contributed by atoms with van der Waals surface area (Å²) in [6, 6.07) is 0. The lowest BCUT2D eigenvalue weighted by Gasteiger charge is -2.29. The predicted octanol–water partition coefficient (Wildman–Crippen LogP) is 1.56. The number of carbonyl (C=O) groups excluding carboxylic acids is 1. The van der Waals surface area contributed by atoms with Gasteiger partial charge in [0, 0.05) is 5.38 Å². The summed E-state index contributed by atoms with van der Waals surface area (Å²) in [5, 5.41) is 14.3. The highest BCUT2D eigenvalue weighted by molar-refractivity contribution is 7.13. The fourth-order valence-corrected chi connectivity index (χ4v) is 3.17. The van der Waals surface area contributed by atoms with Crippen LogP contribution in [0.5, 0.6) is 0 Å². The van der Waals surface area contributed by atoms with Gasteiger partial charge in [0.15, 0.2) is 5.13 Å². The lowest BCUT2D eigenvalue weighted by atomic mass is 9.90. The van der Waals surface area contributed by atoms with Gasteiger partial charge in [0.05, 0.1) is 12.1 Å². The van der Waals surface area contributed by atoms with E-state index in [1.54, 1.807) is 5.38 Å². The second-order valence-corrected chi connectivity index (χ2v) is 6.09. The van der Waals surface area contributed by atoms with Crippen LogP contribution < -0.4 is 11.1 Å². The standard InChI is InChI=1S/C13H19N3O3S/c14-12-15-9(8-20-12)7-10(17)16-13(11(18)19)5-3-1-2-4-6-13/h8H,1-7H2,(H2,14,15)(H,16,17)(H,18,19). The number of aliphatic carboxylic acids is 1. The number of carbonyl (C=O) groups is 2. The number of nitrogens with one attached hydrogen (secondary N) is 1. The van der Waals surface area contributed by atoms with Crippen LogP contribution in [0.25, 0.3) is 0 Å². The Bertz CT molecular complexity index is 493. The van der Waals surface area contributed by atoms with Crippen LogP contribution in [-0.4, -0.2) is 27.5 Å². The van der Waals surface area contributed by atoms with Gasteiger partial charge in [-0.2, -0.15) is 0 Å². The molecule has 20 heavy (non-hydrogen) atoms. The normalized spacial score (nSPS) is 18.2. The number of amides is 1. The first-order valence-electron chi connectivity index (χ1n) is 6.76. The Morgan fingerprint density at radius 1 is 1.35 bits per heavy atom. The summed E-state index contributed by atoms with van der Waals surface area (Å²) in [4.78, 5) is 27.7. The molecule has 0 spiro atoms. The van der Waals surface area contributed by atoms with Crippen LogP contribution >= 0.6 is 11.3 Å². The van der Waals surface area contributed by atoms with E-state index >= 15 is 0 Å². The highest BCUT2D eigenvalue weighted by Gasteiger charge is 2.39. The number of nitrogen functional groups attached to an aromatic ring is 1. The quantitative estimate of drug-likeness (QED) is 0.731. The number of carboxylic acids is 1. The number of hydrogen-bond acceptors (Lipinski definition) is 5. The van der Waals surface area contributed by atoms with Crippen LogP contribution in [0.1, 0.15) is 44.2 Å². The van der Waals surface area contributed by atoms with E-state index in [1.165, 1.54) is 11.3 Å². The van der Waals surface area contributed by atoms with Crippen molar-refractivity contribution in [2.24, 2.45) is 0 Å². The number of hydrogen-bond donors (Lipinski definition) is 3. The van der Waals surface area contributed by atoms with E-state index in [0.29, 0.717) is 23.7 Å². The van der Waals surface area contributed by atoms with Crippen molar-refractivity contribution in [1.29, 1.82) is 0 Å². The van der Waals surface area contributed by atoms with Crippen LogP contribution in [0.2, 0.25) is 0 Å². The molecule has 1 aliphatic carbocycles. The number of anilines is 1. The van der Waals surface area contributed by atoms with Crippen molar-refractivity contribution in [3.63, 3.8) is 0 Å². The second-order valence-electron chi connectivity index (χ2n) is 5.20. The Morgan fingerprint density at radius 3 is 2.50 bits per heavy atom. The zero-order valence-corrected chi connectivity index (χ0v) is 12.0. The number of nitrogens with two attached hydrogens (primary N) is 1. The summed E-state index contributed by atoms with van der Waals surface area (Å²) in [6.07, 6.45) is 4.76. The van der Waals surface area contributed by atoms with Crippen molar-refractivity contribution in [3.8, 4) is 0 Å². The van der Waals surface area contributed by atoms with Crippen molar-refractivity contribution >= 4 is 28.3 Å². The van der Waals surface area contributed by atoms with Crippen LogP contribution in [0.3, 0.4) is 0 Å². The molecule has 0 aliphatic heterocycles. The molecule has 110 valence electrons. The summed E-state index contributed by atoms with van der Waals surface area (Å²) in [5.41, 5.74) is 4.98. The molecule has 1 saturated carbocycles. The third-order valence-electron chi connectivity index (χ3n) is 3.66. The highest BCUT2D eigenvalue weighted by Crippen LogP contribution is 2.27. The molecule has 1 aromatic heterocycles. The molecule has 1 amide bonds. The van der Waals surface area contributed by atoms with Gasteiger partial charge in [-0.25, -0.2) is 9.78 Å². The van der Waals surface area contributed by atoms with E-state index in [4.69, 9.17) is 5.73 Å². The minimum atomic E-state index is -1.12. The molecule has 1 fully saturated rings. The molecule has 0 aromatic carbocycles. The number of rotatable bonds is 4. The minimum Gasteiger partial charge on any atom is -0.480 e. The highest BCUT2D eigenvalue weighted by atomic mass is 32.1. The third kappa shape index (κ3) is 3.47. The Hall–Kier alpha value is -1.63. The smallest absolute Gasteiger partial charge is 0.329 e. The lowest BCUT2D eigenvalue weighted by Crippen LogP contribution is -2.54. The Balaban J connectivity index is 2.03. The van der Waals surface area contributed by atoms with Crippen LogP contribution in [-0.2, 0) is 16.0 Å². The number of carboxylic acid groups (broad SMARTS) is 1. The molecule has 1 aliphatic rings. The first kappa shape index (κ1) is 14.8. The van der Waals surface area contributed by atoms with Gasteiger partial charge in [0.25, 0.3) is 0 Å². The summed E-state index contributed by atoms with van der Waals surface area (Å²) in [7, 11) is 0. The van der Waals surface area contributed by atoms with E-state index in [2.05, 4.69) is 10.3 Å². The topological polar surface area (TPSA) is 105 Å². The van der Waals surface area contributed by atoms with Gasteiger partial charge < -0.3 is 16.2 Å². The van der Waals surface area contributed by atoms with Crippen LogP contribution in [0, 0.1) is 0 Å². The minimum absolute atomic E-state index is 0.0722. The number of aromatic nitrogens is 1. The number of thiazole rings is 1. The number of nitrogens with zero attached hydrogens (tertiary/aromatic N) is 1. The van der Waals surface area contributed by atoms with Crippen molar-refractivity contribution < 1.29 is 14.7 Å². The predicted molar refractivity (Wildman–Crippen MR) is 76.4 cm³/mol. The molecule has 0 saturated heterocycles. The van der Waals surface area contributed by atoms with Crippen LogP contribution in [0.15, 0.2) is 5.38 Å². The van der Waals surface area contributed by atoms with Gasteiger partial charge in [-0.15, -0.1) is 11.3 Å². The van der Waals surface area contributed by atoms with Gasteiger partial charge in [-0.3, -0.25) is 4.79 Å². The maximum atomic E-state index is 12.1. The van der Waals surface area contributed by atoms with Gasteiger partial charge in [-0.1, -0.05) is 25.7 Å². The molecular formula is C13H19N3O3S. The fourth-order valence-electron chi connectivity index (χ4n) is 2.60. The van der Waals surface area contributed by atoms with Crippen LogP contribution in [0.4, 0.5) is 5.13 Å². The summed E-state index contributed by atoms with van der Waals surface area (Å²) in [5.74, 6) is -1.25. The van der Waals surface area contributed by atoms with Crippen molar-refractivity contribution in [2.75, 3.05) is 5.73 Å². The Morgan fingerprint density at radius 2 is 2.00 bits per heavy atom. The van der Waals surface area contributed by atoms with E-state index in [9.17, 15) is 14.7 Å². The monoisotopic (exact) mass is 297 g/mol. The molecule has 1 aromatic rings. The molecule has 4 N–H and O–H groups in total. The van der Waals surface area contributed by atoms with Crippen molar-refractivity contribution in [1.82, 2.24) is 10.3 Å². The van der Waals surface area contributed by atoms with E-state index < -0.39 is 11.5 Å². The van der Waals surface area contributed by atoms with E-state index in [1.807, 2.05) is 0 Å². The van der Waals surface area contributed by atoms with Gasteiger partial charge in [-0.05, 0) is 12.8 Å². The third-order valence-corrected chi connectivity index (χ3v) is 4.38. The zero-order valence-electron chi connectivity index (χ0n) is 11.2. The van der Waals surface area contributed by atoms with Gasteiger partial charge in [0.2, 0.25) is 5.91 Å². The lowest BCUT2D eigenvalue weighted by molar-refractivity contribution is -0.148. The maximum Gasteiger partial charge on any atom is 0.329 e. The molecular weight excluding hydrogens is 278 g/mol. The molecule has 7 heteroatoms. The molecule has 0 atom stereocenters. The van der Waals surface area contributed by atoms with Gasteiger partial charge in [0.1, 0.15) is 5.54 Å². The average molecular weight is 297 g/mol. The Kier molecular flexibility index (Phi) is 4.59. The molecule has 1 heterocycles. The SMILES string of the molecule is Nc1nc(CC(=O)NC2(C(=O)O)CCCCCC2)cs1. The van der Waals surface area contributed by atoms with E-state index in [-0.39, 0.29) is 12.3 Å². The Labute approximate surface area is 121 Å². The van der Waals surface area contributed by atoms with Gasteiger partial charge >= 0.3 is 5.97 Å². The first-order valence-corrected chi connectivity index (χ1v) is 7.64. The maximum absolute atomic E-state index is 12.1. The van der Waals surface area contributed by atoms with Crippen molar-refractivity contribution in [2.45, 2.75) is 50.5 Å². The average Bonchev–Trinajstić information content (AvgIpc) is 2.64. The molecule has 0 radical (unpaired) electrons. The summed E-state index contributed by atoms with van der Waals surface area (Å²) in [6.45, 7) is 0. The molecule has 0 unspecified atom stereocenters. The van der Waals surface area contributed by atoms with Crippen molar-refractivity contribution in [3.05, 3.63) is 11.1 Å². The molecule has 2 rings (SSSR count). The second kappa shape index (κ2) is 6.21. The molecule has 0 bridgehead atoms. The van der Waals surface area contributed by atoms with E-state index in [0.717, 1.165) is 25.7 Å². The largest absolute Gasteiger partial charge is 0.480 e. The zero-order chi connectivity index (χ0) is 14.6. The fraction of sp³-hybridized carbons (Fsp3) is 0.615.